The molecule has 0 aromatic rings. The van der Waals surface area contributed by atoms with E-state index in [1.165, 1.54) is 24.2 Å². The maximum absolute atomic E-state index is 14.3. The van der Waals surface area contributed by atoms with Crippen LogP contribution < -0.4 is 16.0 Å². The van der Waals surface area contributed by atoms with Crippen molar-refractivity contribution in [2.45, 2.75) is 129 Å². The van der Waals surface area contributed by atoms with Gasteiger partial charge in [0.15, 0.2) is 5.96 Å². The van der Waals surface area contributed by atoms with Gasteiger partial charge in [-0.25, -0.2) is 4.99 Å². The molecular weight excluding hydrogens is 917 g/mol. The zero-order chi connectivity index (χ0) is 51.5. The number of hydrogen-bond acceptors (Lipinski definition) is 11. The van der Waals surface area contributed by atoms with E-state index in [1.807, 2.05) is 65.7 Å². The summed E-state index contributed by atoms with van der Waals surface area (Å²) >= 11 is 0. The van der Waals surface area contributed by atoms with E-state index in [4.69, 9.17) is 14.5 Å². The SMILES string of the molecule is CC[C@H](C)[C@@H]([C@@H](CC(=O)N1CCC[C@H]1[C@H](OC)[C@@H](C)C(=O)N[C@@H](CP)P(=O)(O)CC(=O)NCCCNC(=O)CCCCCN1C(=O)C=CC1=O)OC)N(C)C(=O)[C@@H](N=C(N(C)C)N(C)C)C(C)C. The number of unbranched alkanes of at least 4 members (excludes halogenated alkanes) is 2. The zero-order valence-electron chi connectivity index (χ0n) is 42.7. The van der Waals surface area contributed by atoms with Gasteiger partial charge in [0.25, 0.3) is 11.8 Å². The van der Waals surface area contributed by atoms with E-state index >= 15 is 0 Å². The smallest absolute Gasteiger partial charge is 0.253 e. The van der Waals surface area contributed by atoms with E-state index in [1.54, 1.807) is 30.9 Å². The molecule has 4 N–H and O–H groups in total. The van der Waals surface area contributed by atoms with Gasteiger partial charge in [-0.15, -0.1) is 9.24 Å². The third-order valence-corrected chi connectivity index (χ3v) is 15.7. The van der Waals surface area contributed by atoms with Gasteiger partial charge >= 0.3 is 0 Å². The number of nitrogens with one attached hydrogen (secondary N) is 3. The molecule has 2 heterocycles. The summed E-state index contributed by atoms with van der Waals surface area (Å²) in [5, 5.41) is 8.05. The fraction of sp³-hybridized carbons (Fsp3) is 0.783. The number of aliphatic imine (C=N–C) groups is 1. The van der Waals surface area contributed by atoms with E-state index in [2.05, 4.69) is 25.2 Å². The Bertz CT molecular complexity index is 1790. The van der Waals surface area contributed by atoms with Gasteiger partial charge in [-0.05, 0) is 50.1 Å². The van der Waals surface area contributed by atoms with Crippen molar-refractivity contribution in [2.24, 2.45) is 22.7 Å². The van der Waals surface area contributed by atoms with Gasteiger partial charge in [0, 0.05) is 94.2 Å². The number of guanidine groups is 1. The molecule has 0 bridgehead atoms. The van der Waals surface area contributed by atoms with Crippen molar-refractivity contribution in [1.82, 2.24) is 40.4 Å². The van der Waals surface area contributed by atoms with E-state index in [9.17, 15) is 43.0 Å². The molecule has 0 aromatic carbocycles. The Balaban J connectivity index is 2.00. The summed E-state index contributed by atoms with van der Waals surface area (Å²) in [5.74, 6) is -4.07. The molecule has 2 aliphatic heterocycles. The summed E-state index contributed by atoms with van der Waals surface area (Å²) in [6.45, 7) is 10.8. The average molecular weight is 1000 g/mol. The molecule has 0 spiro atoms. The first kappa shape index (κ1) is 60.2. The van der Waals surface area contributed by atoms with E-state index in [0.29, 0.717) is 57.6 Å². The van der Waals surface area contributed by atoms with E-state index in [0.717, 1.165) is 6.42 Å². The number of likely N-dealkylation sites (N-methyl/N-ethyl adjacent to an activating group) is 1. The highest BCUT2D eigenvalue weighted by molar-refractivity contribution is 7.60. The minimum Gasteiger partial charge on any atom is -0.379 e. The number of imide groups is 1. The van der Waals surface area contributed by atoms with Gasteiger partial charge < -0.3 is 49.9 Å². The van der Waals surface area contributed by atoms with Crippen molar-refractivity contribution in [2.75, 3.05) is 88.0 Å². The molecule has 0 saturated carbocycles. The molecule has 2 aliphatic rings. The lowest BCUT2D eigenvalue weighted by Gasteiger charge is -2.40. The largest absolute Gasteiger partial charge is 0.379 e. The second kappa shape index (κ2) is 29.3. The van der Waals surface area contributed by atoms with Crippen molar-refractivity contribution in [1.29, 1.82) is 0 Å². The summed E-state index contributed by atoms with van der Waals surface area (Å²) in [6, 6.07) is -1.63. The Kier molecular flexibility index (Phi) is 25.9. The zero-order valence-corrected chi connectivity index (χ0v) is 44.7. The first-order valence-corrected chi connectivity index (χ1v) is 26.6. The predicted octanol–water partition coefficient (Wildman–Crippen LogP) is 2.11. The Morgan fingerprint density at radius 2 is 1.51 bits per heavy atom. The van der Waals surface area contributed by atoms with Gasteiger partial charge in [0.2, 0.25) is 36.9 Å². The lowest BCUT2D eigenvalue weighted by Crippen LogP contribution is -2.55. The molecule has 0 radical (unpaired) electrons. The number of hydrogen-bond donors (Lipinski definition) is 4. The van der Waals surface area contributed by atoms with E-state index < -0.39 is 67.4 Å². The Labute approximate surface area is 407 Å². The standard InChI is InChI=1S/C46H83N9O11P2/c1-13-31(4)42(53(10)45(62)41(30(2)3)50-46(51(6)7)52(8)9)34(65-11)27-40(60)54-26-17-19-33(54)43(66-12)32(5)44(61)49-37(28-67)68(63,64)29-36(57)48-24-18-23-47-35(56)20-15-14-16-25-55-38(58)21-22-39(55)59/h21-22,30-34,37,41-43H,13-20,23-29,67H2,1-12H3,(H,47,56)(H,48,57)(H,49,61)(H,63,64)/t31-,32+,33-,34+,37+,41-,42-,43+/m0/s1. The van der Waals surface area contributed by atoms with Crippen LogP contribution in [0.15, 0.2) is 17.1 Å². The Morgan fingerprint density at radius 1 is 0.912 bits per heavy atom. The molecule has 1 saturated heterocycles. The number of carbonyl (C=O) groups excluding carboxylic acids is 7. The minimum absolute atomic E-state index is 0.00755. The van der Waals surface area contributed by atoms with Crippen LogP contribution in [-0.2, 0) is 47.6 Å². The van der Waals surface area contributed by atoms with E-state index in [-0.39, 0.29) is 73.5 Å². The summed E-state index contributed by atoms with van der Waals surface area (Å²) < 4.78 is 25.5. The van der Waals surface area contributed by atoms with Crippen molar-refractivity contribution in [3.63, 3.8) is 0 Å². The maximum Gasteiger partial charge on any atom is 0.253 e. The topological polar surface area (TPSA) is 240 Å². The predicted molar refractivity (Wildman–Crippen MR) is 266 cm³/mol. The second-order valence-corrected chi connectivity index (χ2v) is 21.6. The fourth-order valence-corrected chi connectivity index (χ4v) is 11.3. The summed E-state index contributed by atoms with van der Waals surface area (Å²) in [6.07, 6.45) is 4.72. The van der Waals surface area contributed by atoms with Crippen LogP contribution >= 0.6 is 16.6 Å². The molecular formula is C46H83N9O11P2. The molecule has 0 aliphatic carbocycles. The van der Waals surface area contributed by atoms with Crippen LogP contribution in [0.4, 0.5) is 0 Å². The first-order chi connectivity index (χ1) is 32.0. The lowest BCUT2D eigenvalue weighted by molar-refractivity contribution is -0.146. The molecule has 388 valence electrons. The van der Waals surface area contributed by atoms with Crippen molar-refractivity contribution < 1.29 is 52.5 Å². The molecule has 68 heavy (non-hydrogen) atoms. The van der Waals surface area contributed by atoms with Gasteiger partial charge in [-0.2, -0.15) is 0 Å². The number of carbonyl (C=O) groups is 7. The number of nitrogens with zero attached hydrogens (tertiary/aromatic N) is 6. The van der Waals surface area contributed by atoms with Gasteiger partial charge in [0.05, 0.1) is 36.6 Å². The Morgan fingerprint density at radius 3 is 2.04 bits per heavy atom. The Hall–Kier alpha value is -3.96. The fourth-order valence-electron chi connectivity index (χ4n) is 8.77. The summed E-state index contributed by atoms with van der Waals surface area (Å²) in [7, 11) is 10.3. The molecule has 7 amide bonds. The lowest BCUT2D eigenvalue weighted by atomic mass is 9.89. The van der Waals surface area contributed by atoms with Crippen LogP contribution in [0.3, 0.4) is 0 Å². The highest BCUT2D eigenvalue weighted by Gasteiger charge is 2.44. The van der Waals surface area contributed by atoms with Crippen LogP contribution in [0, 0.1) is 17.8 Å². The molecule has 20 nitrogen and oxygen atoms in total. The van der Waals surface area contributed by atoms with Crippen LogP contribution in [0.25, 0.3) is 0 Å². The quantitative estimate of drug-likeness (QED) is 0.0277. The van der Waals surface area contributed by atoms with Gasteiger partial charge in [-0.1, -0.05) is 47.5 Å². The van der Waals surface area contributed by atoms with Crippen LogP contribution in [0.1, 0.15) is 92.4 Å². The van der Waals surface area contributed by atoms with Crippen LogP contribution in [0.2, 0.25) is 0 Å². The molecule has 1 fully saturated rings. The highest BCUT2D eigenvalue weighted by atomic mass is 31.2. The summed E-state index contributed by atoms with van der Waals surface area (Å²) in [4.78, 5) is 115. The maximum atomic E-state index is 14.3. The number of likely N-dealkylation sites (tertiary alicyclic amines) is 1. The third-order valence-electron chi connectivity index (χ3n) is 12.8. The van der Waals surface area contributed by atoms with Gasteiger partial charge in [-0.3, -0.25) is 43.0 Å². The van der Waals surface area contributed by atoms with Crippen molar-refractivity contribution in [3.8, 4) is 0 Å². The van der Waals surface area contributed by atoms with Crippen molar-refractivity contribution >= 4 is 63.9 Å². The first-order valence-electron chi connectivity index (χ1n) is 23.9. The molecule has 0 aromatic heterocycles. The number of ether oxygens (including phenoxy) is 2. The normalized spacial score (nSPS) is 18.8. The minimum atomic E-state index is -4.27. The number of amides is 7. The molecule has 2 rings (SSSR count). The van der Waals surface area contributed by atoms with Crippen LogP contribution in [0.5, 0.6) is 0 Å². The molecule has 22 heteroatoms. The van der Waals surface area contributed by atoms with Crippen LogP contribution in [-0.4, -0.2) is 201 Å². The third kappa shape index (κ3) is 17.8. The molecule has 10 atom stereocenters. The number of methoxy groups -OCH3 is 2. The monoisotopic (exact) mass is 1000 g/mol. The molecule has 2 unspecified atom stereocenters. The van der Waals surface area contributed by atoms with Crippen molar-refractivity contribution in [3.05, 3.63) is 12.2 Å². The average Bonchev–Trinajstić information content (AvgIpc) is 3.89. The number of rotatable bonds is 29. The highest BCUT2D eigenvalue weighted by Crippen LogP contribution is 2.45. The summed E-state index contributed by atoms with van der Waals surface area (Å²) in [5.41, 5.74) is 0. The van der Waals surface area contributed by atoms with Gasteiger partial charge in [0.1, 0.15) is 18.0 Å². The second-order valence-electron chi connectivity index (χ2n) is 18.7.